The average Bonchev–Trinajstić information content (AvgIpc) is 2.89. The van der Waals surface area contributed by atoms with E-state index in [1.807, 2.05) is 93.6 Å². The van der Waals surface area contributed by atoms with Gasteiger partial charge in [0.15, 0.2) is 0 Å². The molecule has 0 bridgehead atoms. The van der Waals surface area contributed by atoms with Crippen molar-refractivity contribution < 1.29 is 19.1 Å². The Kier molecular flexibility index (Phi) is 9.67. The normalized spacial score (nSPS) is 13.3. The molecule has 3 aromatic rings. The van der Waals surface area contributed by atoms with Crippen LogP contribution >= 0.6 is 12.6 Å². The SMILES string of the molecule is CCC(C)(C)N(C(=O)C(CS)NC(=O)OC(C)(C)C)C(C(=O)Nc1ccc2ccccc2c1)c1ccccc1. The first-order valence-corrected chi connectivity index (χ1v) is 13.8. The highest BCUT2D eigenvalue weighted by atomic mass is 32.1. The Labute approximate surface area is 236 Å². The van der Waals surface area contributed by atoms with Gasteiger partial charge in [0.25, 0.3) is 5.91 Å². The van der Waals surface area contributed by atoms with Crippen molar-refractivity contribution in [3.8, 4) is 0 Å². The highest BCUT2D eigenvalue weighted by Crippen LogP contribution is 2.33. The van der Waals surface area contributed by atoms with Crippen LogP contribution in [0, 0.1) is 0 Å². The second-order valence-corrected chi connectivity index (χ2v) is 11.5. The van der Waals surface area contributed by atoms with Gasteiger partial charge >= 0.3 is 6.09 Å². The lowest BCUT2D eigenvalue weighted by atomic mass is 9.92. The summed E-state index contributed by atoms with van der Waals surface area (Å²) < 4.78 is 5.38. The maximum atomic E-state index is 14.2. The summed E-state index contributed by atoms with van der Waals surface area (Å²) in [5.74, 6) is -0.755. The molecule has 0 radical (unpaired) electrons. The van der Waals surface area contributed by atoms with E-state index in [4.69, 9.17) is 4.74 Å². The summed E-state index contributed by atoms with van der Waals surface area (Å²) in [6.45, 7) is 11.0. The van der Waals surface area contributed by atoms with E-state index < -0.39 is 35.2 Å². The molecule has 2 unspecified atom stereocenters. The van der Waals surface area contributed by atoms with Gasteiger partial charge in [0.2, 0.25) is 5.91 Å². The molecule has 0 heterocycles. The Morgan fingerprint density at radius 1 is 0.897 bits per heavy atom. The Bertz CT molecular complexity index is 1300. The van der Waals surface area contributed by atoms with Gasteiger partial charge in [0, 0.05) is 17.0 Å². The molecule has 0 spiro atoms. The number of thiol groups is 1. The minimum absolute atomic E-state index is 0.0299. The molecule has 8 heteroatoms. The van der Waals surface area contributed by atoms with Crippen LogP contribution in [0.1, 0.15) is 59.6 Å². The molecule has 7 nitrogen and oxygen atoms in total. The van der Waals surface area contributed by atoms with Crippen LogP contribution in [0.2, 0.25) is 0 Å². The highest BCUT2D eigenvalue weighted by molar-refractivity contribution is 7.80. The van der Waals surface area contributed by atoms with Gasteiger partial charge in [-0.05, 0) is 69.5 Å². The quantitative estimate of drug-likeness (QED) is 0.271. The van der Waals surface area contributed by atoms with Gasteiger partial charge in [-0.15, -0.1) is 0 Å². The van der Waals surface area contributed by atoms with Crippen LogP contribution < -0.4 is 10.6 Å². The number of nitrogens with one attached hydrogen (secondary N) is 2. The van der Waals surface area contributed by atoms with Crippen molar-refractivity contribution in [2.75, 3.05) is 11.1 Å². The second-order valence-electron chi connectivity index (χ2n) is 11.1. The van der Waals surface area contributed by atoms with E-state index in [0.717, 1.165) is 10.8 Å². The molecule has 3 rings (SSSR count). The number of amides is 3. The van der Waals surface area contributed by atoms with E-state index in [1.165, 1.54) is 0 Å². The second kappa shape index (κ2) is 12.6. The van der Waals surface area contributed by atoms with E-state index in [2.05, 4.69) is 23.3 Å². The summed E-state index contributed by atoms with van der Waals surface area (Å²) in [6, 6.07) is 20.8. The van der Waals surface area contributed by atoms with Crippen LogP contribution in [0.25, 0.3) is 10.8 Å². The molecule has 0 aliphatic rings. The third kappa shape index (κ3) is 7.76. The highest BCUT2D eigenvalue weighted by Gasteiger charge is 2.42. The Morgan fingerprint density at radius 2 is 1.51 bits per heavy atom. The maximum absolute atomic E-state index is 14.2. The minimum Gasteiger partial charge on any atom is -0.444 e. The van der Waals surface area contributed by atoms with Gasteiger partial charge < -0.3 is 20.3 Å². The molecule has 0 saturated carbocycles. The van der Waals surface area contributed by atoms with Gasteiger partial charge in [0.05, 0.1) is 0 Å². The number of alkyl carbamates (subject to hydrolysis) is 1. The average molecular weight is 550 g/mol. The lowest BCUT2D eigenvalue weighted by Crippen LogP contribution is -2.59. The summed E-state index contributed by atoms with van der Waals surface area (Å²) >= 11 is 4.36. The molecule has 3 amide bonds. The zero-order valence-corrected chi connectivity index (χ0v) is 24.4. The Balaban J connectivity index is 2.03. The Hall–Kier alpha value is -3.52. The van der Waals surface area contributed by atoms with Crippen molar-refractivity contribution in [1.82, 2.24) is 10.2 Å². The van der Waals surface area contributed by atoms with Crippen LogP contribution in [0.4, 0.5) is 10.5 Å². The molecule has 39 heavy (non-hydrogen) atoms. The first kappa shape index (κ1) is 30.0. The lowest BCUT2D eigenvalue weighted by molar-refractivity contribution is -0.147. The molecule has 0 aliphatic carbocycles. The van der Waals surface area contributed by atoms with Crippen LogP contribution in [0.15, 0.2) is 72.8 Å². The molecule has 208 valence electrons. The number of benzene rings is 3. The number of carbonyl (C=O) groups excluding carboxylic acids is 3. The molecule has 2 atom stereocenters. The van der Waals surface area contributed by atoms with E-state index in [1.54, 1.807) is 25.7 Å². The van der Waals surface area contributed by atoms with E-state index in [9.17, 15) is 14.4 Å². The van der Waals surface area contributed by atoms with E-state index >= 15 is 0 Å². The van der Waals surface area contributed by atoms with Crippen LogP contribution in [0.5, 0.6) is 0 Å². The fourth-order valence-electron chi connectivity index (χ4n) is 4.28. The van der Waals surface area contributed by atoms with Crippen molar-refractivity contribution in [2.45, 2.75) is 71.2 Å². The third-order valence-corrected chi connectivity index (χ3v) is 6.93. The zero-order chi connectivity index (χ0) is 28.8. The minimum atomic E-state index is -1.01. The molecule has 3 aromatic carbocycles. The van der Waals surface area contributed by atoms with Gasteiger partial charge in [0.1, 0.15) is 17.7 Å². The first-order chi connectivity index (χ1) is 18.4. The maximum Gasteiger partial charge on any atom is 0.408 e. The number of nitrogens with zero attached hydrogens (tertiary/aromatic N) is 1. The van der Waals surface area contributed by atoms with Crippen molar-refractivity contribution in [3.63, 3.8) is 0 Å². The van der Waals surface area contributed by atoms with E-state index in [0.29, 0.717) is 17.7 Å². The summed E-state index contributed by atoms with van der Waals surface area (Å²) in [5.41, 5.74) is -0.197. The number of anilines is 1. The molecular formula is C31H39N3O4S. The first-order valence-electron chi connectivity index (χ1n) is 13.1. The van der Waals surface area contributed by atoms with Crippen molar-refractivity contribution in [3.05, 3.63) is 78.4 Å². The number of rotatable bonds is 9. The summed E-state index contributed by atoms with van der Waals surface area (Å²) in [6.07, 6.45) is -0.155. The fourth-order valence-corrected chi connectivity index (χ4v) is 4.53. The molecule has 0 aliphatic heterocycles. The number of ether oxygens (including phenoxy) is 1. The topological polar surface area (TPSA) is 87.7 Å². The molecular weight excluding hydrogens is 510 g/mol. The predicted octanol–water partition coefficient (Wildman–Crippen LogP) is 6.36. The monoisotopic (exact) mass is 549 g/mol. The summed E-state index contributed by atoms with van der Waals surface area (Å²) in [4.78, 5) is 42.3. The third-order valence-electron chi connectivity index (χ3n) is 6.57. The number of hydrogen-bond donors (Lipinski definition) is 3. The Morgan fingerprint density at radius 3 is 2.10 bits per heavy atom. The van der Waals surface area contributed by atoms with Crippen molar-refractivity contribution in [1.29, 1.82) is 0 Å². The van der Waals surface area contributed by atoms with Crippen LogP contribution in [-0.4, -0.2) is 45.7 Å². The largest absolute Gasteiger partial charge is 0.444 e. The zero-order valence-electron chi connectivity index (χ0n) is 23.5. The number of hydrogen-bond acceptors (Lipinski definition) is 5. The van der Waals surface area contributed by atoms with Crippen molar-refractivity contribution in [2.24, 2.45) is 0 Å². The van der Waals surface area contributed by atoms with Gasteiger partial charge in [-0.25, -0.2) is 4.79 Å². The smallest absolute Gasteiger partial charge is 0.408 e. The summed E-state index contributed by atoms with van der Waals surface area (Å²) in [7, 11) is 0. The number of carbonyl (C=O) groups is 3. The van der Waals surface area contributed by atoms with E-state index in [-0.39, 0.29) is 11.7 Å². The van der Waals surface area contributed by atoms with Gasteiger partial charge in [-0.2, -0.15) is 12.6 Å². The van der Waals surface area contributed by atoms with Crippen LogP contribution in [0.3, 0.4) is 0 Å². The molecule has 0 saturated heterocycles. The summed E-state index contributed by atoms with van der Waals surface area (Å²) in [5, 5.41) is 7.73. The standard InChI is InChI=1S/C31H39N3O4S/c1-7-31(5,6)34(28(36)25(20-39)33-29(37)38-30(2,3)4)26(22-14-9-8-10-15-22)27(35)32-24-18-17-21-13-11-12-16-23(21)19-24/h8-19,25-26,39H,7,20H2,1-6H3,(H,32,35)(H,33,37). The van der Waals surface area contributed by atoms with Crippen molar-refractivity contribution >= 4 is 47.0 Å². The molecule has 0 fully saturated rings. The molecule has 0 aromatic heterocycles. The lowest BCUT2D eigenvalue weighted by Gasteiger charge is -2.44. The van der Waals surface area contributed by atoms with Crippen LogP contribution in [-0.2, 0) is 14.3 Å². The van der Waals surface area contributed by atoms with Gasteiger partial charge in [-0.1, -0.05) is 67.6 Å². The predicted molar refractivity (Wildman–Crippen MR) is 160 cm³/mol. The van der Waals surface area contributed by atoms with Gasteiger partial charge in [-0.3, -0.25) is 9.59 Å². The fraction of sp³-hybridized carbons (Fsp3) is 0.387. The number of fused-ring (bicyclic) bond motifs is 1. The molecule has 2 N–H and O–H groups in total.